The SMILES string of the molecule is O=[N+]([O-])c1cnn(C2CC2)c1N1C=CN=CC(F)(F)C1. The number of halogens is 2. The third-order valence-corrected chi connectivity index (χ3v) is 3.09. The van der Waals surface area contributed by atoms with Gasteiger partial charge in [-0.05, 0) is 12.8 Å². The van der Waals surface area contributed by atoms with Gasteiger partial charge in [-0.25, -0.2) is 4.68 Å². The molecule has 0 unspecified atom stereocenters. The van der Waals surface area contributed by atoms with Crippen molar-refractivity contribution >= 4 is 17.7 Å². The van der Waals surface area contributed by atoms with Crippen LogP contribution in [0.15, 0.2) is 23.6 Å². The fourth-order valence-corrected chi connectivity index (χ4v) is 2.08. The molecule has 7 nitrogen and oxygen atoms in total. The van der Waals surface area contributed by atoms with Crippen molar-refractivity contribution < 1.29 is 13.7 Å². The average Bonchev–Trinajstić information content (AvgIpc) is 3.13. The van der Waals surface area contributed by atoms with Gasteiger partial charge in [0.1, 0.15) is 6.20 Å². The van der Waals surface area contributed by atoms with E-state index >= 15 is 0 Å². The fraction of sp³-hybridized carbons (Fsp3) is 0.455. The van der Waals surface area contributed by atoms with Crippen molar-refractivity contribution in [2.24, 2.45) is 4.99 Å². The van der Waals surface area contributed by atoms with Crippen molar-refractivity contribution in [3.8, 4) is 0 Å². The molecule has 3 rings (SSSR count). The molecule has 0 radical (unpaired) electrons. The Balaban J connectivity index is 2.03. The van der Waals surface area contributed by atoms with Crippen LogP contribution in [0.25, 0.3) is 0 Å². The minimum atomic E-state index is -3.16. The van der Waals surface area contributed by atoms with Crippen LogP contribution in [0.1, 0.15) is 18.9 Å². The second kappa shape index (κ2) is 4.36. The highest BCUT2D eigenvalue weighted by Crippen LogP contribution is 2.41. The maximum atomic E-state index is 13.6. The first-order valence-corrected chi connectivity index (χ1v) is 6.05. The van der Waals surface area contributed by atoms with Crippen LogP contribution in [0, 0.1) is 10.1 Å². The lowest BCUT2D eigenvalue weighted by molar-refractivity contribution is -0.384. The molecule has 0 amide bonds. The monoisotopic (exact) mass is 283 g/mol. The van der Waals surface area contributed by atoms with Crippen molar-refractivity contribution in [1.82, 2.24) is 9.78 Å². The molecule has 0 bridgehead atoms. The van der Waals surface area contributed by atoms with Gasteiger partial charge in [-0.3, -0.25) is 15.1 Å². The number of rotatable bonds is 3. The van der Waals surface area contributed by atoms with Gasteiger partial charge in [0.15, 0.2) is 0 Å². The van der Waals surface area contributed by atoms with Gasteiger partial charge in [-0.2, -0.15) is 13.9 Å². The van der Waals surface area contributed by atoms with Gasteiger partial charge in [0.05, 0.1) is 23.7 Å². The van der Waals surface area contributed by atoms with Crippen LogP contribution in [-0.2, 0) is 0 Å². The molecular weight excluding hydrogens is 272 g/mol. The molecule has 1 aromatic rings. The Morgan fingerprint density at radius 1 is 1.45 bits per heavy atom. The van der Waals surface area contributed by atoms with Gasteiger partial charge in [-0.1, -0.05) is 0 Å². The van der Waals surface area contributed by atoms with Crippen molar-refractivity contribution in [2.45, 2.75) is 24.8 Å². The molecule has 0 spiro atoms. The van der Waals surface area contributed by atoms with E-state index in [0.29, 0.717) is 6.21 Å². The number of anilines is 1. The molecule has 9 heteroatoms. The van der Waals surface area contributed by atoms with E-state index in [4.69, 9.17) is 0 Å². The standard InChI is InChI=1S/C11H11F2N5O2/c12-11(13)6-14-3-4-16(7-11)10-9(18(19)20)5-15-17(10)8-1-2-8/h3-6,8H,1-2,7H2. The molecule has 20 heavy (non-hydrogen) atoms. The first kappa shape index (κ1) is 12.7. The van der Waals surface area contributed by atoms with E-state index in [0.717, 1.165) is 23.9 Å². The smallest absolute Gasteiger partial charge is 0.319 e. The minimum absolute atomic E-state index is 0.0462. The first-order chi connectivity index (χ1) is 9.48. The third-order valence-electron chi connectivity index (χ3n) is 3.09. The largest absolute Gasteiger partial charge is 0.331 e. The Morgan fingerprint density at radius 2 is 2.20 bits per heavy atom. The lowest BCUT2D eigenvalue weighted by Gasteiger charge is -2.22. The Hall–Kier alpha value is -2.32. The summed E-state index contributed by atoms with van der Waals surface area (Å²) in [6, 6.07) is 0.0462. The summed E-state index contributed by atoms with van der Waals surface area (Å²) in [5, 5.41) is 15.0. The van der Waals surface area contributed by atoms with Gasteiger partial charge in [0.2, 0.25) is 5.82 Å². The van der Waals surface area contributed by atoms with E-state index in [2.05, 4.69) is 10.1 Å². The number of hydrogen-bond donors (Lipinski definition) is 0. The van der Waals surface area contributed by atoms with Gasteiger partial charge in [-0.15, -0.1) is 0 Å². The molecular formula is C11H11F2N5O2. The molecule has 2 aliphatic rings. The van der Waals surface area contributed by atoms with Gasteiger partial charge in [0.25, 0.3) is 0 Å². The maximum absolute atomic E-state index is 13.6. The summed E-state index contributed by atoms with van der Waals surface area (Å²) >= 11 is 0. The average molecular weight is 283 g/mol. The predicted octanol–water partition coefficient (Wildman–Crippen LogP) is 2.12. The number of nitrogens with zero attached hydrogens (tertiary/aromatic N) is 5. The number of aliphatic imine (C=N–C) groups is 1. The Bertz CT molecular complexity index is 606. The molecule has 106 valence electrons. The molecule has 1 aromatic heterocycles. The summed E-state index contributed by atoms with van der Waals surface area (Å²) in [5.74, 6) is -3.07. The number of alkyl halides is 2. The van der Waals surface area contributed by atoms with Crippen molar-refractivity contribution in [2.75, 3.05) is 11.4 Å². The number of aromatic nitrogens is 2. The topological polar surface area (TPSA) is 76.6 Å². The molecule has 0 N–H and O–H groups in total. The lowest BCUT2D eigenvalue weighted by Crippen LogP contribution is -2.35. The Labute approximate surface area is 112 Å². The van der Waals surface area contributed by atoms with Gasteiger partial charge >= 0.3 is 11.6 Å². The second-order valence-electron chi connectivity index (χ2n) is 4.75. The molecule has 1 aliphatic heterocycles. The van der Waals surface area contributed by atoms with Crippen LogP contribution in [-0.4, -0.2) is 33.4 Å². The predicted molar refractivity (Wildman–Crippen MR) is 67.1 cm³/mol. The third kappa shape index (κ3) is 2.26. The number of hydrogen-bond acceptors (Lipinski definition) is 5. The molecule has 1 saturated carbocycles. The normalized spacial score (nSPS) is 21.0. The van der Waals surface area contributed by atoms with Crippen LogP contribution in [0.2, 0.25) is 0 Å². The zero-order valence-corrected chi connectivity index (χ0v) is 10.3. The molecule has 0 aromatic carbocycles. The zero-order chi connectivity index (χ0) is 14.3. The van der Waals surface area contributed by atoms with E-state index < -0.39 is 17.4 Å². The highest BCUT2D eigenvalue weighted by atomic mass is 19.3. The summed E-state index contributed by atoms with van der Waals surface area (Å²) in [5.41, 5.74) is -0.278. The van der Waals surface area contributed by atoms with Crippen LogP contribution >= 0.6 is 0 Å². The van der Waals surface area contributed by atoms with E-state index in [1.54, 1.807) is 0 Å². The van der Waals surface area contributed by atoms with Crippen molar-refractivity contribution in [3.05, 3.63) is 28.7 Å². The van der Waals surface area contributed by atoms with Crippen LogP contribution in [0.4, 0.5) is 20.3 Å². The quantitative estimate of drug-likeness (QED) is 0.629. The van der Waals surface area contributed by atoms with Crippen LogP contribution in [0.5, 0.6) is 0 Å². The van der Waals surface area contributed by atoms with Crippen molar-refractivity contribution in [3.63, 3.8) is 0 Å². The van der Waals surface area contributed by atoms with Gasteiger partial charge < -0.3 is 4.90 Å². The molecule has 1 aliphatic carbocycles. The highest BCUT2D eigenvalue weighted by Gasteiger charge is 2.38. The molecule has 1 fully saturated rings. The highest BCUT2D eigenvalue weighted by molar-refractivity contribution is 5.71. The fourth-order valence-electron chi connectivity index (χ4n) is 2.08. The van der Waals surface area contributed by atoms with Crippen molar-refractivity contribution in [1.29, 1.82) is 0 Å². The van der Waals surface area contributed by atoms with E-state index in [1.807, 2.05) is 0 Å². The maximum Gasteiger partial charge on any atom is 0.331 e. The van der Waals surface area contributed by atoms with Crippen LogP contribution in [0.3, 0.4) is 0 Å². The van der Waals surface area contributed by atoms with E-state index in [1.165, 1.54) is 17.1 Å². The lowest BCUT2D eigenvalue weighted by atomic mass is 10.3. The second-order valence-corrected chi connectivity index (χ2v) is 4.75. The number of nitro groups is 1. The summed E-state index contributed by atoms with van der Waals surface area (Å²) in [7, 11) is 0. The van der Waals surface area contributed by atoms with Crippen LogP contribution < -0.4 is 4.90 Å². The Morgan fingerprint density at radius 3 is 2.85 bits per heavy atom. The Kier molecular flexibility index (Phi) is 2.77. The molecule has 0 saturated heterocycles. The molecule has 2 heterocycles. The summed E-state index contributed by atoms with van der Waals surface area (Å²) in [6.07, 6.45) is 5.82. The zero-order valence-electron chi connectivity index (χ0n) is 10.3. The van der Waals surface area contributed by atoms with E-state index in [9.17, 15) is 18.9 Å². The summed E-state index contributed by atoms with van der Waals surface area (Å²) in [6.45, 7) is -0.702. The summed E-state index contributed by atoms with van der Waals surface area (Å²) < 4.78 is 28.6. The first-order valence-electron chi connectivity index (χ1n) is 6.05. The molecule has 0 atom stereocenters. The van der Waals surface area contributed by atoms with Gasteiger partial charge in [0, 0.05) is 12.4 Å². The summed E-state index contributed by atoms with van der Waals surface area (Å²) in [4.78, 5) is 15.0. The minimum Gasteiger partial charge on any atom is -0.319 e. The van der Waals surface area contributed by atoms with E-state index in [-0.39, 0.29) is 17.5 Å².